The van der Waals surface area contributed by atoms with Gasteiger partial charge in [-0.05, 0) is 37.8 Å². The predicted octanol–water partition coefficient (Wildman–Crippen LogP) is 1.09. The molecule has 0 bridgehead atoms. The second-order valence-electron chi connectivity index (χ2n) is 5.33. The molecular weight excluding hydrogens is 224 g/mol. The molecule has 0 aromatic heterocycles. The van der Waals surface area contributed by atoms with Gasteiger partial charge in [0.05, 0.1) is 5.25 Å². The van der Waals surface area contributed by atoms with Crippen molar-refractivity contribution in [3.63, 3.8) is 0 Å². The van der Waals surface area contributed by atoms with Gasteiger partial charge in [0.15, 0.2) is 0 Å². The largest absolute Gasteiger partial charge is 0.317 e. The SMILES string of the molecule is CCC(C)(C)CNS(=O)(=O)C1CCNCC1. The molecule has 1 rings (SSSR count). The number of hydrogen-bond acceptors (Lipinski definition) is 3. The summed E-state index contributed by atoms with van der Waals surface area (Å²) >= 11 is 0. The van der Waals surface area contributed by atoms with E-state index in [1.807, 2.05) is 0 Å². The average molecular weight is 248 g/mol. The van der Waals surface area contributed by atoms with E-state index in [0.717, 1.165) is 32.4 Å². The van der Waals surface area contributed by atoms with Crippen LogP contribution in [0.25, 0.3) is 0 Å². The number of rotatable bonds is 5. The van der Waals surface area contributed by atoms with E-state index in [4.69, 9.17) is 0 Å². The van der Waals surface area contributed by atoms with Gasteiger partial charge >= 0.3 is 0 Å². The number of sulfonamides is 1. The second-order valence-corrected chi connectivity index (χ2v) is 7.38. The summed E-state index contributed by atoms with van der Waals surface area (Å²) in [6, 6.07) is 0. The van der Waals surface area contributed by atoms with Crippen molar-refractivity contribution in [2.75, 3.05) is 19.6 Å². The lowest BCUT2D eigenvalue weighted by atomic mass is 9.91. The van der Waals surface area contributed by atoms with Gasteiger partial charge in [0, 0.05) is 6.54 Å². The summed E-state index contributed by atoms with van der Waals surface area (Å²) in [4.78, 5) is 0. The van der Waals surface area contributed by atoms with Crippen LogP contribution in [0, 0.1) is 5.41 Å². The molecule has 0 spiro atoms. The molecule has 16 heavy (non-hydrogen) atoms. The van der Waals surface area contributed by atoms with Crippen LogP contribution in [0.5, 0.6) is 0 Å². The Bertz CT molecular complexity index is 306. The molecule has 0 radical (unpaired) electrons. The maximum Gasteiger partial charge on any atom is 0.214 e. The average Bonchev–Trinajstić information content (AvgIpc) is 2.28. The van der Waals surface area contributed by atoms with E-state index in [2.05, 4.69) is 30.8 Å². The molecule has 0 aromatic carbocycles. The first-order valence-corrected chi connectivity index (χ1v) is 7.61. The van der Waals surface area contributed by atoms with Crippen molar-refractivity contribution in [3.8, 4) is 0 Å². The van der Waals surface area contributed by atoms with Crippen LogP contribution < -0.4 is 10.0 Å². The lowest BCUT2D eigenvalue weighted by Crippen LogP contribution is -2.44. The van der Waals surface area contributed by atoms with E-state index < -0.39 is 10.0 Å². The standard InChI is InChI=1S/C11H24N2O2S/c1-4-11(2,3)9-13-16(14,15)10-5-7-12-8-6-10/h10,12-13H,4-9H2,1-3H3. The van der Waals surface area contributed by atoms with Crippen LogP contribution >= 0.6 is 0 Å². The molecule has 0 aromatic rings. The van der Waals surface area contributed by atoms with Gasteiger partial charge < -0.3 is 5.32 Å². The Labute approximate surface area is 99.2 Å². The molecule has 0 unspecified atom stereocenters. The molecule has 0 amide bonds. The molecule has 0 aliphatic carbocycles. The number of piperidine rings is 1. The number of nitrogens with one attached hydrogen (secondary N) is 2. The second kappa shape index (κ2) is 5.47. The monoisotopic (exact) mass is 248 g/mol. The Morgan fingerprint density at radius 3 is 2.38 bits per heavy atom. The Morgan fingerprint density at radius 2 is 1.88 bits per heavy atom. The van der Waals surface area contributed by atoms with Crippen molar-refractivity contribution in [1.82, 2.24) is 10.0 Å². The van der Waals surface area contributed by atoms with Crippen LogP contribution in [0.2, 0.25) is 0 Å². The molecular formula is C11H24N2O2S. The zero-order chi connectivity index (χ0) is 12.2. The van der Waals surface area contributed by atoms with Gasteiger partial charge in [0.2, 0.25) is 10.0 Å². The van der Waals surface area contributed by atoms with Gasteiger partial charge in [0.1, 0.15) is 0 Å². The van der Waals surface area contributed by atoms with Crippen LogP contribution in [-0.4, -0.2) is 33.3 Å². The predicted molar refractivity (Wildman–Crippen MR) is 66.9 cm³/mol. The fourth-order valence-corrected chi connectivity index (χ4v) is 3.33. The summed E-state index contributed by atoms with van der Waals surface area (Å²) in [6.45, 7) is 8.40. The van der Waals surface area contributed by atoms with E-state index in [1.165, 1.54) is 0 Å². The Morgan fingerprint density at radius 1 is 1.31 bits per heavy atom. The van der Waals surface area contributed by atoms with Crippen molar-refractivity contribution in [3.05, 3.63) is 0 Å². The van der Waals surface area contributed by atoms with Crippen LogP contribution in [0.1, 0.15) is 40.0 Å². The first kappa shape index (κ1) is 13.9. The normalized spacial score (nSPS) is 19.9. The van der Waals surface area contributed by atoms with Crippen molar-refractivity contribution < 1.29 is 8.42 Å². The molecule has 1 aliphatic heterocycles. The van der Waals surface area contributed by atoms with Crippen molar-refractivity contribution in [1.29, 1.82) is 0 Å². The molecule has 1 fully saturated rings. The summed E-state index contributed by atoms with van der Waals surface area (Å²) in [5.74, 6) is 0. The van der Waals surface area contributed by atoms with Crippen LogP contribution in [0.15, 0.2) is 0 Å². The molecule has 1 aliphatic rings. The molecule has 96 valence electrons. The lowest BCUT2D eigenvalue weighted by Gasteiger charge is -2.27. The van der Waals surface area contributed by atoms with E-state index in [1.54, 1.807) is 0 Å². The molecule has 2 N–H and O–H groups in total. The third-order valence-electron chi connectivity index (χ3n) is 3.43. The van der Waals surface area contributed by atoms with Crippen LogP contribution in [0.4, 0.5) is 0 Å². The summed E-state index contributed by atoms with van der Waals surface area (Å²) in [5.41, 5.74) is 0.0417. The number of hydrogen-bond donors (Lipinski definition) is 2. The molecule has 1 saturated heterocycles. The molecule has 0 saturated carbocycles. The highest BCUT2D eigenvalue weighted by Gasteiger charge is 2.28. The fraction of sp³-hybridized carbons (Fsp3) is 1.00. The molecule has 5 heteroatoms. The van der Waals surface area contributed by atoms with Gasteiger partial charge in [-0.2, -0.15) is 0 Å². The minimum Gasteiger partial charge on any atom is -0.317 e. The van der Waals surface area contributed by atoms with Crippen molar-refractivity contribution in [2.45, 2.75) is 45.3 Å². The van der Waals surface area contributed by atoms with Gasteiger partial charge in [-0.25, -0.2) is 13.1 Å². The summed E-state index contributed by atoms with van der Waals surface area (Å²) in [5, 5.41) is 2.97. The minimum atomic E-state index is -3.12. The smallest absolute Gasteiger partial charge is 0.214 e. The first-order chi connectivity index (χ1) is 7.37. The Kier molecular flexibility index (Phi) is 4.76. The quantitative estimate of drug-likeness (QED) is 0.766. The molecule has 4 nitrogen and oxygen atoms in total. The van der Waals surface area contributed by atoms with Gasteiger partial charge in [0.25, 0.3) is 0 Å². The third kappa shape index (κ3) is 4.03. The van der Waals surface area contributed by atoms with Crippen molar-refractivity contribution >= 4 is 10.0 Å². The van der Waals surface area contributed by atoms with E-state index in [-0.39, 0.29) is 10.7 Å². The van der Waals surface area contributed by atoms with Crippen LogP contribution in [-0.2, 0) is 10.0 Å². The van der Waals surface area contributed by atoms with Gasteiger partial charge in [-0.15, -0.1) is 0 Å². The molecule has 0 atom stereocenters. The minimum absolute atomic E-state index is 0.0417. The highest BCUT2D eigenvalue weighted by molar-refractivity contribution is 7.90. The highest BCUT2D eigenvalue weighted by Crippen LogP contribution is 2.19. The van der Waals surface area contributed by atoms with Gasteiger partial charge in [-0.3, -0.25) is 0 Å². The first-order valence-electron chi connectivity index (χ1n) is 6.06. The Balaban J connectivity index is 2.51. The van der Waals surface area contributed by atoms with Gasteiger partial charge in [-0.1, -0.05) is 20.8 Å². The fourth-order valence-electron chi connectivity index (χ4n) is 1.64. The molecule has 1 heterocycles. The summed E-state index contributed by atoms with van der Waals surface area (Å²) in [6.07, 6.45) is 2.42. The maximum atomic E-state index is 12.0. The topological polar surface area (TPSA) is 58.2 Å². The summed E-state index contributed by atoms with van der Waals surface area (Å²) in [7, 11) is -3.12. The van der Waals surface area contributed by atoms with Crippen molar-refractivity contribution in [2.24, 2.45) is 5.41 Å². The highest BCUT2D eigenvalue weighted by atomic mass is 32.2. The van der Waals surface area contributed by atoms with E-state index in [0.29, 0.717) is 6.54 Å². The zero-order valence-corrected chi connectivity index (χ0v) is 11.4. The van der Waals surface area contributed by atoms with Crippen LogP contribution in [0.3, 0.4) is 0 Å². The lowest BCUT2D eigenvalue weighted by molar-refractivity contribution is 0.348. The third-order valence-corrected chi connectivity index (χ3v) is 5.33. The maximum absolute atomic E-state index is 12.0. The van der Waals surface area contributed by atoms with E-state index in [9.17, 15) is 8.42 Å². The van der Waals surface area contributed by atoms with E-state index >= 15 is 0 Å². The zero-order valence-electron chi connectivity index (χ0n) is 10.5. The Hall–Kier alpha value is -0.130. The summed E-state index contributed by atoms with van der Waals surface area (Å²) < 4.78 is 26.8.